The Kier molecular flexibility index (Phi) is 10.3. The highest BCUT2D eigenvalue weighted by atomic mass is 16.6. The SMILES string of the molecule is C=CCOC(=O)CC(CC(=O)OCC=C)(C(=O)OC)C(=O)OCC=C. The van der Waals surface area contributed by atoms with Crippen molar-refractivity contribution in [2.75, 3.05) is 26.9 Å². The summed E-state index contributed by atoms with van der Waals surface area (Å²) in [6.07, 6.45) is 2.38. The van der Waals surface area contributed by atoms with E-state index in [1.807, 2.05) is 0 Å². The maximum Gasteiger partial charge on any atom is 0.325 e. The van der Waals surface area contributed by atoms with Gasteiger partial charge in [0.2, 0.25) is 0 Å². The fraction of sp³-hybridized carbons (Fsp3) is 0.412. The minimum absolute atomic E-state index is 0.126. The maximum atomic E-state index is 12.4. The van der Waals surface area contributed by atoms with E-state index in [4.69, 9.17) is 14.2 Å². The number of hydrogen-bond acceptors (Lipinski definition) is 8. The summed E-state index contributed by atoms with van der Waals surface area (Å²) in [5.74, 6) is -4.05. The molecule has 0 spiro atoms. The third-order valence-electron chi connectivity index (χ3n) is 2.92. The van der Waals surface area contributed by atoms with Crippen LogP contribution < -0.4 is 0 Å². The molecule has 0 aromatic rings. The van der Waals surface area contributed by atoms with Crippen molar-refractivity contribution in [3.05, 3.63) is 38.0 Å². The average Bonchev–Trinajstić information content (AvgIpc) is 2.61. The molecule has 0 saturated carbocycles. The molecule has 8 heteroatoms. The maximum absolute atomic E-state index is 12.4. The average molecular weight is 354 g/mol. The molecule has 0 unspecified atom stereocenters. The normalized spacial score (nSPS) is 10.1. The van der Waals surface area contributed by atoms with Crippen LogP contribution in [0.15, 0.2) is 38.0 Å². The summed E-state index contributed by atoms with van der Waals surface area (Å²) in [6, 6.07) is 0. The summed E-state index contributed by atoms with van der Waals surface area (Å²) in [5, 5.41) is 0. The summed E-state index contributed by atoms with van der Waals surface area (Å²) in [7, 11) is 1.02. The molecular formula is C17H22O8. The van der Waals surface area contributed by atoms with E-state index in [0.29, 0.717) is 0 Å². The van der Waals surface area contributed by atoms with Gasteiger partial charge in [0.1, 0.15) is 19.8 Å². The van der Waals surface area contributed by atoms with Gasteiger partial charge in [-0.25, -0.2) is 0 Å². The van der Waals surface area contributed by atoms with E-state index in [-0.39, 0.29) is 19.8 Å². The first-order valence-electron chi connectivity index (χ1n) is 7.27. The van der Waals surface area contributed by atoms with Crippen LogP contribution in [0.4, 0.5) is 0 Å². The Balaban J connectivity index is 5.65. The number of ether oxygens (including phenoxy) is 4. The Labute approximate surface area is 146 Å². The zero-order valence-corrected chi connectivity index (χ0v) is 14.2. The third kappa shape index (κ3) is 7.03. The number of carbonyl (C=O) groups excluding carboxylic acids is 4. The molecule has 25 heavy (non-hydrogen) atoms. The number of rotatable bonds is 12. The Bertz CT molecular complexity index is 509. The van der Waals surface area contributed by atoms with Crippen molar-refractivity contribution >= 4 is 23.9 Å². The molecular weight excluding hydrogens is 332 g/mol. The van der Waals surface area contributed by atoms with Crippen LogP contribution in [0.2, 0.25) is 0 Å². The topological polar surface area (TPSA) is 105 Å². The van der Waals surface area contributed by atoms with E-state index >= 15 is 0 Å². The molecule has 0 atom stereocenters. The molecule has 0 aromatic heterocycles. The zero-order valence-electron chi connectivity index (χ0n) is 14.2. The standard InChI is InChI=1S/C17H22O8/c1-5-8-23-13(18)11-17(15(20)22-4,16(21)25-10-7-3)12-14(19)24-9-6-2/h5-7H,1-3,8-12H2,4H3. The van der Waals surface area contributed by atoms with E-state index in [1.54, 1.807) is 0 Å². The lowest BCUT2D eigenvalue weighted by molar-refractivity contribution is -0.179. The smallest absolute Gasteiger partial charge is 0.325 e. The van der Waals surface area contributed by atoms with Crippen molar-refractivity contribution in [2.45, 2.75) is 12.8 Å². The Morgan fingerprint density at radius 2 is 1.16 bits per heavy atom. The summed E-state index contributed by atoms with van der Waals surface area (Å²) in [6.45, 7) is 9.68. The number of hydrogen-bond donors (Lipinski definition) is 0. The van der Waals surface area contributed by atoms with Crippen LogP contribution in [0.3, 0.4) is 0 Å². The molecule has 0 heterocycles. The lowest BCUT2D eigenvalue weighted by Gasteiger charge is -2.26. The molecule has 0 bridgehead atoms. The van der Waals surface area contributed by atoms with Crippen LogP contribution in [0.25, 0.3) is 0 Å². The van der Waals surface area contributed by atoms with E-state index in [2.05, 4.69) is 24.5 Å². The second-order valence-electron chi connectivity index (χ2n) is 4.76. The summed E-state index contributed by atoms with van der Waals surface area (Å²) in [4.78, 5) is 48.5. The highest BCUT2D eigenvalue weighted by molar-refractivity contribution is 6.05. The largest absolute Gasteiger partial charge is 0.468 e. The zero-order chi connectivity index (χ0) is 19.3. The molecule has 8 nitrogen and oxygen atoms in total. The summed E-state index contributed by atoms with van der Waals surface area (Å²) < 4.78 is 19.1. The monoisotopic (exact) mass is 354 g/mol. The molecule has 0 aliphatic carbocycles. The minimum Gasteiger partial charge on any atom is -0.468 e. The van der Waals surface area contributed by atoms with Gasteiger partial charge in [-0.3, -0.25) is 19.2 Å². The van der Waals surface area contributed by atoms with Gasteiger partial charge < -0.3 is 18.9 Å². The Morgan fingerprint density at radius 1 is 0.760 bits per heavy atom. The van der Waals surface area contributed by atoms with Gasteiger partial charge in [0.05, 0.1) is 20.0 Å². The molecule has 138 valence electrons. The lowest BCUT2D eigenvalue weighted by Crippen LogP contribution is -2.45. The molecule has 0 saturated heterocycles. The van der Waals surface area contributed by atoms with Crippen LogP contribution >= 0.6 is 0 Å². The van der Waals surface area contributed by atoms with Crippen molar-refractivity contribution in [3.8, 4) is 0 Å². The lowest BCUT2D eigenvalue weighted by atomic mass is 9.81. The van der Waals surface area contributed by atoms with Gasteiger partial charge >= 0.3 is 23.9 Å². The van der Waals surface area contributed by atoms with Gasteiger partial charge in [0, 0.05) is 0 Å². The summed E-state index contributed by atoms with van der Waals surface area (Å²) in [5.41, 5.74) is -2.23. The highest BCUT2D eigenvalue weighted by Crippen LogP contribution is 2.32. The highest BCUT2D eigenvalue weighted by Gasteiger charge is 2.53. The fourth-order valence-corrected chi connectivity index (χ4v) is 1.80. The van der Waals surface area contributed by atoms with Crippen molar-refractivity contribution in [1.82, 2.24) is 0 Å². The van der Waals surface area contributed by atoms with Gasteiger partial charge in [-0.15, -0.1) is 0 Å². The van der Waals surface area contributed by atoms with Crippen LogP contribution in [-0.2, 0) is 38.1 Å². The number of methoxy groups -OCH3 is 1. The molecule has 0 rings (SSSR count). The van der Waals surface area contributed by atoms with E-state index in [0.717, 1.165) is 7.11 Å². The first-order valence-corrected chi connectivity index (χ1v) is 7.27. The predicted octanol–water partition coefficient (Wildman–Crippen LogP) is 1.11. The molecule has 0 aliphatic heterocycles. The van der Waals surface area contributed by atoms with Crippen molar-refractivity contribution < 1.29 is 38.1 Å². The fourth-order valence-electron chi connectivity index (χ4n) is 1.80. The van der Waals surface area contributed by atoms with Crippen LogP contribution in [0.1, 0.15) is 12.8 Å². The Morgan fingerprint density at radius 3 is 1.52 bits per heavy atom. The molecule has 0 radical (unpaired) electrons. The van der Waals surface area contributed by atoms with Crippen LogP contribution in [-0.4, -0.2) is 50.8 Å². The van der Waals surface area contributed by atoms with Crippen LogP contribution in [0, 0.1) is 5.41 Å². The van der Waals surface area contributed by atoms with Crippen molar-refractivity contribution in [1.29, 1.82) is 0 Å². The van der Waals surface area contributed by atoms with Gasteiger partial charge in [0.25, 0.3) is 0 Å². The molecule has 0 N–H and O–H groups in total. The van der Waals surface area contributed by atoms with E-state index < -0.39 is 42.1 Å². The second kappa shape index (κ2) is 11.6. The second-order valence-corrected chi connectivity index (χ2v) is 4.76. The van der Waals surface area contributed by atoms with Gasteiger partial charge in [-0.1, -0.05) is 38.0 Å². The third-order valence-corrected chi connectivity index (χ3v) is 2.92. The van der Waals surface area contributed by atoms with Gasteiger partial charge in [-0.2, -0.15) is 0 Å². The quantitative estimate of drug-likeness (QED) is 0.222. The first-order chi connectivity index (χ1) is 11.9. The van der Waals surface area contributed by atoms with Crippen molar-refractivity contribution in [2.24, 2.45) is 5.41 Å². The van der Waals surface area contributed by atoms with Gasteiger partial charge in [0.15, 0.2) is 5.41 Å². The molecule has 0 aliphatic rings. The van der Waals surface area contributed by atoms with Gasteiger partial charge in [-0.05, 0) is 0 Å². The number of carbonyl (C=O) groups is 4. The molecule has 0 aromatic carbocycles. The number of esters is 4. The minimum atomic E-state index is -2.23. The van der Waals surface area contributed by atoms with Crippen LogP contribution in [0.5, 0.6) is 0 Å². The first kappa shape index (κ1) is 22.1. The molecule has 0 fully saturated rings. The predicted molar refractivity (Wildman–Crippen MR) is 87.2 cm³/mol. The molecule has 0 amide bonds. The van der Waals surface area contributed by atoms with E-state index in [1.165, 1.54) is 18.2 Å². The van der Waals surface area contributed by atoms with E-state index in [9.17, 15) is 19.2 Å². The summed E-state index contributed by atoms with van der Waals surface area (Å²) >= 11 is 0. The van der Waals surface area contributed by atoms with Crippen molar-refractivity contribution in [3.63, 3.8) is 0 Å². The Hall–Kier alpha value is -2.90.